The van der Waals surface area contributed by atoms with Crippen LogP contribution in [0.25, 0.3) is 0 Å². The third-order valence-corrected chi connectivity index (χ3v) is 4.98. The number of hydrogen-bond acceptors (Lipinski definition) is 5. The van der Waals surface area contributed by atoms with Crippen LogP contribution in [0, 0.1) is 18.8 Å². The second-order valence-corrected chi connectivity index (χ2v) is 8.49. The molecule has 0 aliphatic carbocycles. The van der Waals surface area contributed by atoms with E-state index >= 15 is 0 Å². The number of benzene rings is 1. The van der Waals surface area contributed by atoms with Gasteiger partial charge in [-0.15, -0.1) is 0 Å². The fourth-order valence-corrected chi connectivity index (χ4v) is 3.24. The molecule has 0 saturated carbocycles. The van der Waals surface area contributed by atoms with Crippen LogP contribution in [0.2, 0.25) is 0 Å². The zero-order chi connectivity index (χ0) is 16.1. The molecule has 116 valence electrons. The molecular formula is C13H17NO5S2. The van der Waals surface area contributed by atoms with Gasteiger partial charge >= 0.3 is 0 Å². The summed E-state index contributed by atoms with van der Waals surface area (Å²) in [5.74, 6) is 4.94. The fraction of sp³-hybridized carbons (Fsp3) is 0.385. The van der Waals surface area contributed by atoms with Gasteiger partial charge in [0.05, 0.1) is 10.6 Å². The van der Waals surface area contributed by atoms with Gasteiger partial charge in [0.1, 0.15) is 16.4 Å². The normalized spacial score (nSPS) is 11.8. The largest absolute Gasteiger partial charge is 0.384 e. The number of hydrogen-bond donors (Lipinski definition) is 2. The molecule has 2 N–H and O–H groups in total. The molecule has 1 aromatic rings. The molecule has 0 bridgehead atoms. The van der Waals surface area contributed by atoms with Crippen molar-refractivity contribution in [1.82, 2.24) is 4.72 Å². The second-order valence-electron chi connectivity index (χ2n) is 4.46. The number of aryl methyl sites for hydroxylation is 1. The quantitative estimate of drug-likeness (QED) is 0.719. The highest BCUT2D eigenvalue weighted by atomic mass is 32.2. The van der Waals surface area contributed by atoms with E-state index in [2.05, 4.69) is 16.6 Å². The number of rotatable bonds is 5. The van der Waals surface area contributed by atoms with Crippen molar-refractivity contribution in [2.45, 2.75) is 11.8 Å². The molecule has 0 saturated heterocycles. The molecule has 0 aromatic heterocycles. The summed E-state index contributed by atoms with van der Waals surface area (Å²) in [5, 5.41) is 8.64. The predicted octanol–water partition coefficient (Wildman–Crippen LogP) is -0.338. The Morgan fingerprint density at radius 2 is 1.90 bits per heavy atom. The molecule has 1 rings (SSSR count). The molecule has 0 unspecified atom stereocenters. The van der Waals surface area contributed by atoms with E-state index in [-0.39, 0.29) is 23.8 Å². The molecule has 0 heterocycles. The topological polar surface area (TPSA) is 101 Å². The summed E-state index contributed by atoms with van der Waals surface area (Å²) < 4.78 is 48.2. The first-order valence-corrected chi connectivity index (χ1v) is 9.58. The minimum Gasteiger partial charge on any atom is -0.384 e. The maximum absolute atomic E-state index is 12.0. The molecule has 1 aromatic carbocycles. The molecule has 8 heteroatoms. The molecule has 6 nitrogen and oxygen atoms in total. The summed E-state index contributed by atoms with van der Waals surface area (Å²) in [6, 6.07) is 4.38. The van der Waals surface area contributed by atoms with Crippen LogP contribution in [0.5, 0.6) is 0 Å². The lowest BCUT2D eigenvalue weighted by atomic mass is 10.1. The number of aliphatic hydroxyl groups is 1. The fourth-order valence-electron chi connectivity index (χ4n) is 1.52. The Morgan fingerprint density at radius 1 is 1.24 bits per heavy atom. The van der Waals surface area contributed by atoms with Gasteiger partial charge in [0.2, 0.25) is 10.0 Å². The summed E-state index contributed by atoms with van der Waals surface area (Å²) in [6.45, 7) is 1.26. The highest BCUT2D eigenvalue weighted by Gasteiger charge is 2.15. The standard InChI is InChI=1S/C13H17NO5S2/c1-11-10-13(6-5-12(11)4-3-8-15)21(18,19)14-7-9-20(2,16)17/h5-6,10,14-15H,7-9H2,1-2H3. The van der Waals surface area contributed by atoms with Crippen LogP contribution in [0.3, 0.4) is 0 Å². The molecule has 0 amide bonds. The molecular weight excluding hydrogens is 314 g/mol. The van der Waals surface area contributed by atoms with Gasteiger partial charge in [-0.1, -0.05) is 11.8 Å². The Hall–Kier alpha value is -1.40. The first-order chi connectivity index (χ1) is 9.65. The Bertz CT molecular complexity index is 771. The molecule has 0 fully saturated rings. The monoisotopic (exact) mass is 331 g/mol. The number of nitrogens with one attached hydrogen (secondary N) is 1. The Balaban J connectivity index is 2.92. The smallest absolute Gasteiger partial charge is 0.240 e. The predicted molar refractivity (Wildman–Crippen MR) is 80.0 cm³/mol. The Labute approximate surface area is 125 Å². The van der Waals surface area contributed by atoms with Crippen LogP contribution in [0.1, 0.15) is 11.1 Å². The van der Waals surface area contributed by atoms with Crippen LogP contribution in [0.4, 0.5) is 0 Å². The van der Waals surface area contributed by atoms with Crippen LogP contribution in [-0.2, 0) is 19.9 Å². The average Bonchev–Trinajstić information content (AvgIpc) is 2.35. The first-order valence-electron chi connectivity index (χ1n) is 6.03. The van der Waals surface area contributed by atoms with E-state index < -0.39 is 19.9 Å². The van der Waals surface area contributed by atoms with Gasteiger partial charge in [-0.2, -0.15) is 0 Å². The lowest BCUT2D eigenvalue weighted by Crippen LogP contribution is -2.29. The van der Waals surface area contributed by atoms with Crippen molar-refractivity contribution >= 4 is 19.9 Å². The van der Waals surface area contributed by atoms with Gasteiger partial charge in [0.25, 0.3) is 0 Å². The van der Waals surface area contributed by atoms with E-state index in [1.54, 1.807) is 13.0 Å². The molecule has 0 radical (unpaired) electrons. The maximum atomic E-state index is 12.0. The van der Waals surface area contributed by atoms with E-state index in [9.17, 15) is 16.8 Å². The van der Waals surface area contributed by atoms with Crippen molar-refractivity contribution in [2.24, 2.45) is 0 Å². The lowest BCUT2D eigenvalue weighted by Gasteiger charge is -2.08. The maximum Gasteiger partial charge on any atom is 0.240 e. The van der Waals surface area contributed by atoms with Gasteiger partial charge in [0.15, 0.2) is 0 Å². The zero-order valence-electron chi connectivity index (χ0n) is 11.8. The molecule has 0 aliphatic heterocycles. The first kappa shape index (κ1) is 17.7. The SMILES string of the molecule is Cc1cc(S(=O)(=O)NCCS(C)(=O)=O)ccc1C#CCO. The van der Waals surface area contributed by atoms with Gasteiger partial charge in [0, 0.05) is 18.4 Å². The third-order valence-electron chi connectivity index (χ3n) is 2.58. The highest BCUT2D eigenvalue weighted by molar-refractivity contribution is 7.91. The van der Waals surface area contributed by atoms with Crippen LogP contribution < -0.4 is 4.72 Å². The minimum atomic E-state index is -3.75. The van der Waals surface area contributed by atoms with E-state index in [4.69, 9.17) is 5.11 Å². The summed E-state index contributed by atoms with van der Waals surface area (Å²) in [6.07, 6.45) is 1.04. The van der Waals surface area contributed by atoms with Crippen molar-refractivity contribution in [3.05, 3.63) is 29.3 Å². The van der Waals surface area contributed by atoms with Gasteiger partial charge < -0.3 is 5.11 Å². The Kier molecular flexibility index (Phi) is 5.92. The van der Waals surface area contributed by atoms with Crippen molar-refractivity contribution in [3.63, 3.8) is 0 Å². The second kappa shape index (κ2) is 7.04. The molecule has 0 aliphatic rings. The van der Waals surface area contributed by atoms with Crippen LogP contribution in [-0.4, -0.2) is 47.1 Å². The zero-order valence-corrected chi connectivity index (χ0v) is 13.4. The van der Waals surface area contributed by atoms with E-state index in [0.717, 1.165) is 6.26 Å². The van der Waals surface area contributed by atoms with E-state index in [0.29, 0.717) is 11.1 Å². The number of sulfonamides is 1. The molecule has 0 spiro atoms. The number of aliphatic hydroxyl groups excluding tert-OH is 1. The summed E-state index contributed by atoms with van der Waals surface area (Å²) in [7, 11) is -6.98. The highest BCUT2D eigenvalue weighted by Crippen LogP contribution is 2.14. The minimum absolute atomic E-state index is 0.0445. The van der Waals surface area contributed by atoms with Crippen molar-refractivity contribution in [3.8, 4) is 11.8 Å². The van der Waals surface area contributed by atoms with Crippen molar-refractivity contribution < 1.29 is 21.9 Å². The lowest BCUT2D eigenvalue weighted by molar-refractivity contribution is 0.350. The average molecular weight is 331 g/mol. The van der Waals surface area contributed by atoms with Crippen LogP contribution in [0.15, 0.2) is 23.1 Å². The van der Waals surface area contributed by atoms with Gasteiger partial charge in [-0.3, -0.25) is 0 Å². The van der Waals surface area contributed by atoms with E-state index in [1.165, 1.54) is 12.1 Å². The van der Waals surface area contributed by atoms with E-state index in [1.807, 2.05) is 0 Å². The molecule has 21 heavy (non-hydrogen) atoms. The Morgan fingerprint density at radius 3 is 2.43 bits per heavy atom. The third kappa shape index (κ3) is 5.85. The van der Waals surface area contributed by atoms with Crippen LogP contribution >= 0.6 is 0 Å². The summed E-state index contributed by atoms with van der Waals surface area (Å²) >= 11 is 0. The van der Waals surface area contributed by atoms with Crippen molar-refractivity contribution in [1.29, 1.82) is 0 Å². The molecule has 0 atom stereocenters. The van der Waals surface area contributed by atoms with Crippen molar-refractivity contribution in [2.75, 3.05) is 25.2 Å². The van der Waals surface area contributed by atoms with Gasteiger partial charge in [-0.05, 0) is 30.7 Å². The number of sulfone groups is 1. The summed E-state index contributed by atoms with van der Waals surface area (Å²) in [5.41, 5.74) is 1.28. The summed E-state index contributed by atoms with van der Waals surface area (Å²) in [4.78, 5) is 0.0445. The van der Waals surface area contributed by atoms with Gasteiger partial charge in [-0.25, -0.2) is 21.6 Å².